The van der Waals surface area contributed by atoms with Crippen molar-refractivity contribution in [1.82, 2.24) is 14.7 Å². The first-order valence-electron chi connectivity index (χ1n) is 8.43. The molecule has 0 fully saturated rings. The molecule has 3 rings (SSSR count). The van der Waals surface area contributed by atoms with Crippen LogP contribution in [0.5, 0.6) is 5.75 Å². The molecule has 1 aromatic carbocycles. The van der Waals surface area contributed by atoms with Gasteiger partial charge in [-0.25, -0.2) is 4.98 Å². The lowest BCUT2D eigenvalue weighted by Gasteiger charge is -2.10. The number of nitrogens with one attached hydrogen (secondary N) is 1. The lowest BCUT2D eigenvalue weighted by Crippen LogP contribution is -2.25. The largest absolute Gasteiger partial charge is 0.491 e. The first-order chi connectivity index (χ1) is 11.9. The fourth-order valence-corrected chi connectivity index (χ4v) is 2.76. The van der Waals surface area contributed by atoms with Gasteiger partial charge in [0.2, 0.25) is 0 Å². The van der Waals surface area contributed by atoms with E-state index in [0.29, 0.717) is 12.2 Å². The van der Waals surface area contributed by atoms with E-state index in [2.05, 4.69) is 10.3 Å². The lowest BCUT2D eigenvalue weighted by molar-refractivity contribution is 0.0944. The van der Waals surface area contributed by atoms with Gasteiger partial charge in [-0.15, -0.1) is 0 Å². The summed E-state index contributed by atoms with van der Waals surface area (Å²) in [6, 6.07) is 11.7. The van der Waals surface area contributed by atoms with E-state index in [1.54, 1.807) is 0 Å². The Morgan fingerprint density at radius 1 is 1.20 bits per heavy atom. The first-order valence-corrected chi connectivity index (χ1v) is 8.43. The molecule has 0 saturated carbocycles. The first kappa shape index (κ1) is 17.0. The number of amides is 1. The van der Waals surface area contributed by atoms with Crippen LogP contribution in [0.2, 0.25) is 0 Å². The third-order valence-electron chi connectivity index (χ3n) is 3.92. The van der Waals surface area contributed by atoms with Crippen LogP contribution in [0.15, 0.2) is 42.6 Å². The van der Waals surface area contributed by atoms with Gasteiger partial charge < -0.3 is 10.1 Å². The van der Waals surface area contributed by atoms with Gasteiger partial charge in [-0.3, -0.25) is 9.20 Å². The smallest absolute Gasteiger partial charge is 0.270 e. The number of benzene rings is 1. The highest BCUT2D eigenvalue weighted by molar-refractivity contribution is 5.94. The number of hydrogen-bond acceptors (Lipinski definition) is 3. The van der Waals surface area contributed by atoms with Crippen LogP contribution in [-0.4, -0.2) is 21.4 Å². The van der Waals surface area contributed by atoms with Crippen molar-refractivity contribution in [3.05, 3.63) is 65.1 Å². The normalized spacial score (nSPS) is 11.1. The zero-order chi connectivity index (χ0) is 18.0. The van der Waals surface area contributed by atoms with Crippen molar-refractivity contribution in [2.24, 2.45) is 0 Å². The Bertz CT molecular complexity index is 895. The van der Waals surface area contributed by atoms with E-state index in [1.807, 2.05) is 74.7 Å². The quantitative estimate of drug-likeness (QED) is 0.773. The van der Waals surface area contributed by atoms with Crippen LogP contribution in [0.1, 0.15) is 41.2 Å². The Morgan fingerprint density at radius 3 is 2.60 bits per heavy atom. The second kappa shape index (κ2) is 6.97. The average molecular weight is 337 g/mol. The molecule has 0 atom stereocenters. The molecular formula is C20H23N3O2. The third-order valence-corrected chi connectivity index (χ3v) is 3.92. The molecular weight excluding hydrogens is 314 g/mol. The Hall–Kier alpha value is -2.82. The SMILES string of the molecule is Cc1ccn2c(C(=O)NCc3ccc(OC(C)C)cc3)c(C)nc2c1. The summed E-state index contributed by atoms with van der Waals surface area (Å²) in [5.41, 5.74) is 4.23. The van der Waals surface area contributed by atoms with Crippen LogP contribution in [0.4, 0.5) is 0 Å². The number of pyridine rings is 1. The van der Waals surface area contributed by atoms with Crippen molar-refractivity contribution in [2.75, 3.05) is 0 Å². The number of fused-ring (bicyclic) bond motifs is 1. The van der Waals surface area contributed by atoms with Gasteiger partial charge in [-0.05, 0) is 63.1 Å². The summed E-state index contributed by atoms with van der Waals surface area (Å²) in [5.74, 6) is 0.703. The minimum atomic E-state index is -0.128. The average Bonchev–Trinajstić information content (AvgIpc) is 2.88. The molecule has 5 heteroatoms. The number of nitrogens with zero attached hydrogens (tertiary/aromatic N) is 2. The van der Waals surface area contributed by atoms with Crippen molar-refractivity contribution in [3.63, 3.8) is 0 Å². The highest BCUT2D eigenvalue weighted by Crippen LogP contribution is 2.15. The van der Waals surface area contributed by atoms with E-state index in [1.165, 1.54) is 0 Å². The molecule has 2 aromatic heterocycles. The number of hydrogen-bond donors (Lipinski definition) is 1. The van der Waals surface area contributed by atoms with Gasteiger partial charge in [0.05, 0.1) is 11.8 Å². The second-order valence-corrected chi connectivity index (χ2v) is 6.47. The van der Waals surface area contributed by atoms with Crippen LogP contribution in [-0.2, 0) is 6.54 Å². The minimum absolute atomic E-state index is 0.128. The number of aromatic nitrogens is 2. The zero-order valence-corrected chi connectivity index (χ0v) is 15.0. The summed E-state index contributed by atoms with van der Waals surface area (Å²) >= 11 is 0. The van der Waals surface area contributed by atoms with E-state index in [4.69, 9.17) is 4.74 Å². The Balaban J connectivity index is 1.72. The Morgan fingerprint density at radius 2 is 1.92 bits per heavy atom. The molecule has 0 spiro atoms. The summed E-state index contributed by atoms with van der Waals surface area (Å²) in [6.07, 6.45) is 2.03. The number of aryl methyl sites for hydroxylation is 2. The molecule has 0 aliphatic carbocycles. The fourth-order valence-electron chi connectivity index (χ4n) is 2.76. The van der Waals surface area contributed by atoms with Crippen LogP contribution in [0, 0.1) is 13.8 Å². The Kier molecular flexibility index (Phi) is 4.74. The number of carbonyl (C=O) groups is 1. The zero-order valence-electron chi connectivity index (χ0n) is 15.0. The summed E-state index contributed by atoms with van der Waals surface area (Å²) < 4.78 is 7.46. The molecule has 3 aromatic rings. The highest BCUT2D eigenvalue weighted by Gasteiger charge is 2.16. The van der Waals surface area contributed by atoms with Crippen LogP contribution >= 0.6 is 0 Å². The predicted octanol–water partition coefficient (Wildman–Crippen LogP) is 3.67. The van der Waals surface area contributed by atoms with E-state index >= 15 is 0 Å². The van der Waals surface area contributed by atoms with Gasteiger partial charge in [0.15, 0.2) is 0 Å². The highest BCUT2D eigenvalue weighted by atomic mass is 16.5. The maximum atomic E-state index is 12.6. The van der Waals surface area contributed by atoms with Crippen molar-refractivity contribution < 1.29 is 9.53 Å². The molecule has 1 N–H and O–H groups in total. The maximum absolute atomic E-state index is 12.6. The van der Waals surface area contributed by atoms with Gasteiger partial charge in [0, 0.05) is 12.7 Å². The summed E-state index contributed by atoms with van der Waals surface area (Å²) in [5, 5.41) is 2.97. The van der Waals surface area contributed by atoms with Gasteiger partial charge in [-0.1, -0.05) is 12.1 Å². The number of imidazole rings is 1. The predicted molar refractivity (Wildman–Crippen MR) is 98.0 cm³/mol. The monoisotopic (exact) mass is 337 g/mol. The third kappa shape index (κ3) is 3.82. The Labute approximate surface area is 147 Å². The van der Waals surface area contributed by atoms with Crippen molar-refractivity contribution >= 4 is 11.6 Å². The second-order valence-electron chi connectivity index (χ2n) is 6.47. The van der Waals surface area contributed by atoms with Gasteiger partial charge in [-0.2, -0.15) is 0 Å². The number of carbonyl (C=O) groups excluding carboxylic acids is 1. The summed E-state index contributed by atoms with van der Waals surface area (Å²) in [7, 11) is 0. The fraction of sp³-hybridized carbons (Fsp3) is 0.300. The van der Waals surface area contributed by atoms with Crippen molar-refractivity contribution in [2.45, 2.75) is 40.3 Å². The molecule has 0 bridgehead atoms. The van der Waals surface area contributed by atoms with Crippen LogP contribution < -0.4 is 10.1 Å². The van der Waals surface area contributed by atoms with E-state index in [9.17, 15) is 4.79 Å². The summed E-state index contributed by atoms with van der Waals surface area (Å²) in [4.78, 5) is 17.1. The molecule has 0 saturated heterocycles. The molecule has 25 heavy (non-hydrogen) atoms. The molecule has 2 heterocycles. The molecule has 130 valence electrons. The molecule has 0 radical (unpaired) electrons. The van der Waals surface area contributed by atoms with Crippen molar-refractivity contribution in [3.8, 4) is 5.75 Å². The van der Waals surface area contributed by atoms with Gasteiger partial charge in [0.1, 0.15) is 17.1 Å². The topological polar surface area (TPSA) is 55.6 Å². The van der Waals surface area contributed by atoms with E-state index in [0.717, 1.165) is 28.2 Å². The molecule has 0 aliphatic rings. The maximum Gasteiger partial charge on any atom is 0.270 e. The van der Waals surface area contributed by atoms with Gasteiger partial charge >= 0.3 is 0 Å². The van der Waals surface area contributed by atoms with Crippen molar-refractivity contribution in [1.29, 1.82) is 0 Å². The standard InChI is InChI=1S/C20H23N3O2/c1-13(2)25-17-7-5-16(6-8-17)12-21-20(24)19-15(4)22-18-11-14(3)9-10-23(18)19/h5-11,13H,12H2,1-4H3,(H,21,24). The number of rotatable bonds is 5. The minimum Gasteiger partial charge on any atom is -0.491 e. The molecule has 1 amide bonds. The van der Waals surface area contributed by atoms with E-state index in [-0.39, 0.29) is 12.0 Å². The van der Waals surface area contributed by atoms with E-state index < -0.39 is 0 Å². The molecule has 0 unspecified atom stereocenters. The van der Waals surface area contributed by atoms with Gasteiger partial charge in [0.25, 0.3) is 5.91 Å². The lowest BCUT2D eigenvalue weighted by atomic mass is 10.2. The van der Waals surface area contributed by atoms with Crippen LogP contribution in [0.25, 0.3) is 5.65 Å². The summed E-state index contributed by atoms with van der Waals surface area (Å²) in [6.45, 7) is 8.31. The number of ether oxygens (including phenoxy) is 1. The van der Waals surface area contributed by atoms with Crippen LogP contribution in [0.3, 0.4) is 0 Å². The molecule has 5 nitrogen and oxygen atoms in total. The molecule has 0 aliphatic heterocycles.